The third-order valence-corrected chi connectivity index (χ3v) is 2.66. The van der Waals surface area contributed by atoms with E-state index in [-0.39, 0.29) is 0 Å². The minimum absolute atomic E-state index is 0.551. The van der Waals surface area contributed by atoms with Crippen molar-refractivity contribution in [3.63, 3.8) is 0 Å². The van der Waals surface area contributed by atoms with Gasteiger partial charge in [0.15, 0.2) is 5.58 Å². The van der Waals surface area contributed by atoms with Crippen molar-refractivity contribution in [2.24, 2.45) is 0 Å². The topological polar surface area (TPSA) is 26.0 Å². The van der Waals surface area contributed by atoms with Gasteiger partial charge in [-0.1, -0.05) is 29.2 Å². The van der Waals surface area contributed by atoms with Crippen LogP contribution >= 0.6 is 11.6 Å². The van der Waals surface area contributed by atoms with Crippen molar-refractivity contribution in [1.82, 2.24) is 4.98 Å². The number of pyridine rings is 1. The number of benzene rings is 1. The van der Waals surface area contributed by atoms with Gasteiger partial charge in [-0.05, 0) is 12.1 Å². The van der Waals surface area contributed by atoms with E-state index in [1.165, 1.54) is 0 Å². The SMILES string of the molecule is [B]c1cccc2oc3c(Cl)ccnc3c12. The first-order valence-corrected chi connectivity index (χ1v) is 4.86. The van der Waals surface area contributed by atoms with Crippen molar-refractivity contribution in [3.05, 3.63) is 35.5 Å². The van der Waals surface area contributed by atoms with Gasteiger partial charge >= 0.3 is 0 Å². The van der Waals surface area contributed by atoms with E-state index in [1.807, 2.05) is 18.2 Å². The minimum Gasteiger partial charge on any atom is -0.453 e. The molecule has 2 radical (unpaired) electrons. The molecule has 3 rings (SSSR count). The lowest BCUT2D eigenvalue weighted by molar-refractivity contribution is 0.668. The second-order valence-corrected chi connectivity index (χ2v) is 3.70. The van der Waals surface area contributed by atoms with Gasteiger partial charge < -0.3 is 4.42 Å². The van der Waals surface area contributed by atoms with Crippen molar-refractivity contribution in [2.75, 3.05) is 0 Å². The van der Waals surface area contributed by atoms with Crippen molar-refractivity contribution < 1.29 is 4.42 Å². The Bertz CT molecular complexity index is 662. The van der Waals surface area contributed by atoms with Gasteiger partial charge in [0.05, 0.1) is 5.02 Å². The van der Waals surface area contributed by atoms with E-state index in [0.717, 1.165) is 10.9 Å². The Hall–Kier alpha value is -1.48. The van der Waals surface area contributed by atoms with E-state index in [9.17, 15) is 0 Å². The van der Waals surface area contributed by atoms with Crippen LogP contribution in [0.5, 0.6) is 0 Å². The fraction of sp³-hybridized carbons (Fsp3) is 0. The highest BCUT2D eigenvalue weighted by Gasteiger charge is 2.11. The zero-order valence-corrected chi connectivity index (χ0v) is 8.45. The Labute approximate surface area is 92.3 Å². The molecular weight excluding hydrogens is 208 g/mol. The van der Waals surface area contributed by atoms with Crippen LogP contribution in [0.3, 0.4) is 0 Å². The molecule has 0 amide bonds. The van der Waals surface area contributed by atoms with Crippen molar-refractivity contribution in [3.8, 4) is 0 Å². The summed E-state index contributed by atoms with van der Waals surface area (Å²) in [6, 6.07) is 7.21. The first kappa shape index (κ1) is 8.80. The summed E-state index contributed by atoms with van der Waals surface area (Å²) in [7, 11) is 5.87. The number of hydrogen-bond donors (Lipinski definition) is 0. The molecule has 0 saturated carbocycles. The Morgan fingerprint density at radius 1 is 1.27 bits per heavy atom. The number of halogens is 1. The quantitative estimate of drug-likeness (QED) is 0.536. The van der Waals surface area contributed by atoms with Crippen molar-refractivity contribution in [2.45, 2.75) is 0 Å². The fourth-order valence-electron chi connectivity index (χ4n) is 1.70. The third-order valence-electron chi connectivity index (χ3n) is 2.36. The molecule has 0 atom stereocenters. The average Bonchev–Trinajstić information content (AvgIpc) is 2.59. The lowest BCUT2D eigenvalue weighted by Crippen LogP contribution is -2.01. The van der Waals surface area contributed by atoms with Crippen molar-refractivity contribution >= 4 is 47.0 Å². The number of hydrogen-bond acceptors (Lipinski definition) is 2. The smallest absolute Gasteiger partial charge is 0.172 e. The summed E-state index contributed by atoms with van der Waals surface area (Å²) in [6.07, 6.45) is 1.64. The second kappa shape index (κ2) is 3.01. The average molecular weight is 213 g/mol. The summed E-state index contributed by atoms with van der Waals surface area (Å²) >= 11 is 6.01. The molecule has 15 heavy (non-hydrogen) atoms. The Balaban J connectivity index is 2.65. The van der Waals surface area contributed by atoms with Gasteiger partial charge in [0, 0.05) is 11.6 Å². The number of aromatic nitrogens is 1. The molecule has 0 N–H and O–H groups in total. The molecule has 0 spiro atoms. The minimum atomic E-state index is 0.551. The van der Waals surface area contributed by atoms with Gasteiger partial charge in [0.25, 0.3) is 0 Å². The Kier molecular flexibility index (Phi) is 1.76. The van der Waals surface area contributed by atoms with Gasteiger partial charge in [-0.15, -0.1) is 0 Å². The molecule has 1 aromatic carbocycles. The lowest BCUT2D eigenvalue weighted by Gasteiger charge is -1.93. The van der Waals surface area contributed by atoms with Crippen LogP contribution in [-0.4, -0.2) is 12.8 Å². The first-order valence-electron chi connectivity index (χ1n) is 4.48. The first-order chi connectivity index (χ1) is 7.27. The Morgan fingerprint density at radius 2 is 2.13 bits per heavy atom. The molecule has 0 bridgehead atoms. The molecule has 0 saturated heterocycles. The maximum atomic E-state index is 6.01. The van der Waals surface area contributed by atoms with E-state index in [1.54, 1.807) is 12.3 Å². The largest absolute Gasteiger partial charge is 0.453 e. The van der Waals surface area contributed by atoms with Crippen LogP contribution < -0.4 is 5.46 Å². The van der Waals surface area contributed by atoms with Crippen LogP contribution in [0.4, 0.5) is 0 Å². The second-order valence-electron chi connectivity index (χ2n) is 3.29. The summed E-state index contributed by atoms with van der Waals surface area (Å²) in [5.74, 6) is 0. The molecule has 0 fully saturated rings. The van der Waals surface area contributed by atoms with Gasteiger partial charge in [-0.25, -0.2) is 0 Å². The zero-order chi connectivity index (χ0) is 10.4. The molecule has 0 unspecified atom stereocenters. The number of nitrogens with zero attached hydrogens (tertiary/aromatic N) is 1. The summed E-state index contributed by atoms with van der Waals surface area (Å²) in [5, 5.41) is 1.38. The van der Waals surface area contributed by atoms with Gasteiger partial charge in [-0.3, -0.25) is 4.98 Å². The Morgan fingerprint density at radius 3 is 3.00 bits per heavy atom. The molecule has 0 aliphatic carbocycles. The van der Waals surface area contributed by atoms with Crippen LogP contribution in [0, 0.1) is 0 Å². The van der Waals surface area contributed by atoms with Crippen molar-refractivity contribution in [1.29, 1.82) is 0 Å². The standard InChI is InChI=1S/C11H5BClNO/c12-6-2-1-3-8-9(6)10-11(15-8)7(13)4-5-14-10/h1-5H. The predicted molar refractivity (Wildman–Crippen MR) is 61.9 cm³/mol. The van der Waals surface area contributed by atoms with Crippen LogP contribution in [-0.2, 0) is 0 Å². The van der Waals surface area contributed by atoms with Gasteiger partial charge in [0.1, 0.15) is 18.9 Å². The van der Waals surface area contributed by atoms with E-state index >= 15 is 0 Å². The predicted octanol–water partition coefficient (Wildman–Crippen LogP) is 2.43. The monoisotopic (exact) mass is 213 g/mol. The highest BCUT2D eigenvalue weighted by Crippen LogP contribution is 2.29. The van der Waals surface area contributed by atoms with E-state index < -0.39 is 0 Å². The zero-order valence-electron chi connectivity index (χ0n) is 7.70. The fourth-order valence-corrected chi connectivity index (χ4v) is 1.88. The van der Waals surface area contributed by atoms with Crippen LogP contribution in [0.2, 0.25) is 5.02 Å². The molecule has 2 heterocycles. The molecule has 0 aliphatic heterocycles. The molecule has 3 aromatic rings. The van der Waals surface area contributed by atoms with Gasteiger partial charge in [-0.2, -0.15) is 0 Å². The molecule has 2 aromatic heterocycles. The third kappa shape index (κ3) is 1.16. The summed E-state index contributed by atoms with van der Waals surface area (Å²) < 4.78 is 5.59. The van der Waals surface area contributed by atoms with E-state index in [4.69, 9.17) is 23.9 Å². The summed E-state index contributed by atoms with van der Waals surface area (Å²) in [4.78, 5) is 4.23. The van der Waals surface area contributed by atoms with Crippen LogP contribution in [0.15, 0.2) is 34.9 Å². The van der Waals surface area contributed by atoms with Gasteiger partial charge in [0.2, 0.25) is 0 Å². The van der Waals surface area contributed by atoms with E-state index in [0.29, 0.717) is 21.7 Å². The van der Waals surface area contributed by atoms with Crippen LogP contribution in [0.1, 0.15) is 0 Å². The summed E-state index contributed by atoms with van der Waals surface area (Å²) in [5.41, 5.74) is 2.68. The highest BCUT2D eigenvalue weighted by atomic mass is 35.5. The highest BCUT2D eigenvalue weighted by molar-refractivity contribution is 6.42. The summed E-state index contributed by atoms with van der Waals surface area (Å²) in [6.45, 7) is 0. The maximum Gasteiger partial charge on any atom is 0.172 e. The molecule has 70 valence electrons. The van der Waals surface area contributed by atoms with E-state index in [2.05, 4.69) is 4.98 Å². The maximum absolute atomic E-state index is 6.01. The lowest BCUT2D eigenvalue weighted by atomic mass is 9.92. The molecule has 4 heteroatoms. The number of rotatable bonds is 0. The molecular formula is C11H5BClNO. The molecule has 2 nitrogen and oxygen atoms in total. The normalized spacial score (nSPS) is 11.3. The number of fused-ring (bicyclic) bond motifs is 3. The molecule has 0 aliphatic rings. The number of furan rings is 1. The van der Waals surface area contributed by atoms with Crippen LogP contribution in [0.25, 0.3) is 22.1 Å².